The zero-order chi connectivity index (χ0) is 16.1. The molecule has 1 aromatic rings. The molecule has 0 spiro atoms. The summed E-state index contributed by atoms with van der Waals surface area (Å²) in [5, 5.41) is 6.53. The molecule has 5 heteroatoms. The maximum absolute atomic E-state index is 12.6. The van der Waals surface area contributed by atoms with Gasteiger partial charge < -0.3 is 15.4 Å². The van der Waals surface area contributed by atoms with Crippen LogP contribution in [-0.4, -0.2) is 56.2 Å². The number of nitrogens with zero attached hydrogens (tertiary/aromatic N) is 1. The van der Waals surface area contributed by atoms with E-state index in [0.29, 0.717) is 0 Å². The van der Waals surface area contributed by atoms with Crippen LogP contribution in [0.25, 0.3) is 0 Å². The van der Waals surface area contributed by atoms with Gasteiger partial charge >= 0.3 is 0 Å². The van der Waals surface area contributed by atoms with Gasteiger partial charge in [0.25, 0.3) is 5.91 Å². The first kappa shape index (κ1) is 16.4. The Morgan fingerprint density at radius 1 is 1.30 bits per heavy atom. The quantitative estimate of drug-likeness (QED) is 0.879. The summed E-state index contributed by atoms with van der Waals surface area (Å²) in [6.07, 6.45) is 1.82. The summed E-state index contributed by atoms with van der Waals surface area (Å²) in [5.41, 5.74) is 3.07. The lowest BCUT2D eigenvalue weighted by Gasteiger charge is -2.27. The highest BCUT2D eigenvalue weighted by Gasteiger charge is 2.19. The first-order valence-corrected chi connectivity index (χ1v) is 8.63. The Labute approximate surface area is 138 Å². The molecule has 2 aliphatic rings. The van der Waals surface area contributed by atoms with Gasteiger partial charge in [0.1, 0.15) is 0 Å². The standard InChI is InChI=1S/C18H27N3O2/c1-14-2-3-15(13-21-8-6-19-7-9-21)12-17(14)18(22)20-16-4-10-23-11-5-16/h2-3,12,16,19H,4-11,13H2,1H3,(H,20,22). The molecule has 126 valence electrons. The lowest BCUT2D eigenvalue weighted by atomic mass is 10.0. The Morgan fingerprint density at radius 2 is 2.04 bits per heavy atom. The van der Waals surface area contributed by atoms with Crippen molar-refractivity contribution < 1.29 is 9.53 Å². The van der Waals surface area contributed by atoms with Crippen molar-refractivity contribution in [3.05, 3.63) is 34.9 Å². The number of amides is 1. The zero-order valence-corrected chi connectivity index (χ0v) is 13.9. The number of hydrogen-bond acceptors (Lipinski definition) is 4. The van der Waals surface area contributed by atoms with Crippen molar-refractivity contribution in [2.24, 2.45) is 0 Å². The molecule has 0 radical (unpaired) electrons. The van der Waals surface area contributed by atoms with E-state index in [0.717, 1.165) is 69.9 Å². The number of aryl methyl sites for hydroxylation is 1. The molecule has 2 saturated heterocycles. The van der Waals surface area contributed by atoms with Gasteiger partial charge in [-0.15, -0.1) is 0 Å². The Balaban J connectivity index is 1.65. The van der Waals surface area contributed by atoms with E-state index in [1.54, 1.807) is 0 Å². The summed E-state index contributed by atoms with van der Waals surface area (Å²) in [7, 11) is 0. The normalized spacial score (nSPS) is 20.4. The van der Waals surface area contributed by atoms with Gasteiger partial charge in [0.15, 0.2) is 0 Å². The second-order valence-corrected chi connectivity index (χ2v) is 6.54. The largest absolute Gasteiger partial charge is 0.381 e. The monoisotopic (exact) mass is 317 g/mol. The number of benzene rings is 1. The van der Waals surface area contributed by atoms with E-state index in [4.69, 9.17) is 4.74 Å². The molecule has 0 bridgehead atoms. The number of piperazine rings is 1. The van der Waals surface area contributed by atoms with Crippen LogP contribution in [0, 0.1) is 6.92 Å². The van der Waals surface area contributed by atoms with E-state index >= 15 is 0 Å². The van der Waals surface area contributed by atoms with Gasteiger partial charge in [-0.3, -0.25) is 9.69 Å². The Kier molecular flexibility index (Phi) is 5.65. The summed E-state index contributed by atoms with van der Waals surface area (Å²) in [6.45, 7) is 8.63. The average Bonchev–Trinajstić information content (AvgIpc) is 2.58. The van der Waals surface area contributed by atoms with Crippen LogP contribution in [0.2, 0.25) is 0 Å². The number of hydrogen-bond donors (Lipinski definition) is 2. The number of ether oxygens (including phenoxy) is 1. The lowest BCUT2D eigenvalue weighted by molar-refractivity contribution is 0.0696. The van der Waals surface area contributed by atoms with Crippen LogP contribution < -0.4 is 10.6 Å². The zero-order valence-electron chi connectivity index (χ0n) is 13.9. The van der Waals surface area contributed by atoms with Crippen LogP contribution >= 0.6 is 0 Å². The van der Waals surface area contributed by atoms with Crippen molar-refractivity contribution in [2.45, 2.75) is 32.4 Å². The topological polar surface area (TPSA) is 53.6 Å². The molecule has 23 heavy (non-hydrogen) atoms. The van der Waals surface area contributed by atoms with E-state index in [-0.39, 0.29) is 11.9 Å². The molecule has 5 nitrogen and oxygen atoms in total. The molecule has 2 fully saturated rings. The maximum Gasteiger partial charge on any atom is 0.251 e. The predicted molar refractivity (Wildman–Crippen MR) is 90.6 cm³/mol. The first-order chi connectivity index (χ1) is 11.2. The summed E-state index contributed by atoms with van der Waals surface area (Å²) < 4.78 is 5.35. The highest BCUT2D eigenvalue weighted by Crippen LogP contribution is 2.15. The van der Waals surface area contributed by atoms with Crippen molar-refractivity contribution >= 4 is 5.91 Å². The van der Waals surface area contributed by atoms with Crippen LogP contribution in [-0.2, 0) is 11.3 Å². The molecule has 2 aliphatic heterocycles. The van der Waals surface area contributed by atoms with Crippen LogP contribution in [0.1, 0.15) is 34.3 Å². The molecule has 0 aromatic heterocycles. The van der Waals surface area contributed by atoms with E-state index in [1.807, 2.05) is 6.92 Å². The van der Waals surface area contributed by atoms with Gasteiger partial charge in [0, 0.05) is 57.5 Å². The SMILES string of the molecule is Cc1ccc(CN2CCNCC2)cc1C(=O)NC1CCOCC1. The number of carbonyl (C=O) groups excluding carboxylic acids is 1. The van der Waals surface area contributed by atoms with Crippen molar-refractivity contribution in [1.29, 1.82) is 0 Å². The fourth-order valence-electron chi connectivity index (χ4n) is 3.24. The number of nitrogens with one attached hydrogen (secondary N) is 2. The van der Waals surface area contributed by atoms with Crippen LogP contribution in [0.15, 0.2) is 18.2 Å². The number of carbonyl (C=O) groups is 1. The molecule has 0 saturated carbocycles. The van der Waals surface area contributed by atoms with Gasteiger partial charge in [-0.1, -0.05) is 12.1 Å². The highest BCUT2D eigenvalue weighted by molar-refractivity contribution is 5.96. The average molecular weight is 317 g/mol. The third-order valence-corrected chi connectivity index (χ3v) is 4.72. The Hall–Kier alpha value is -1.43. The molecule has 0 unspecified atom stereocenters. The van der Waals surface area contributed by atoms with Gasteiger partial charge in [0.05, 0.1) is 0 Å². The predicted octanol–water partition coefficient (Wildman–Crippen LogP) is 1.31. The second-order valence-electron chi connectivity index (χ2n) is 6.54. The van der Waals surface area contributed by atoms with E-state index < -0.39 is 0 Å². The molecule has 3 rings (SSSR count). The van der Waals surface area contributed by atoms with Crippen LogP contribution in [0.5, 0.6) is 0 Å². The molecule has 1 amide bonds. The first-order valence-electron chi connectivity index (χ1n) is 8.63. The highest BCUT2D eigenvalue weighted by atomic mass is 16.5. The van der Waals surface area contributed by atoms with Gasteiger partial charge in [-0.05, 0) is 37.0 Å². The lowest BCUT2D eigenvalue weighted by Crippen LogP contribution is -2.43. The van der Waals surface area contributed by atoms with Crippen molar-refractivity contribution in [2.75, 3.05) is 39.4 Å². The third kappa shape index (κ3) is 4.53. The minimum Gasteiger partial charge on any atom is -0.381 e. The summed E-state index contributed by atoms with van der Waals surface area (Å²) in [4.78, 5) is 15.0. The summed E-state index contributed by atoms with van der Waals surface area (Å²) >= 11 is 0. The minimum absolute atomic E-state index is 0.0524. The van der Waals surface area contributed by atoms with Gasteiger partial charge in [-0.25, -0.2) is 0 Å². The smallest absolute Gasteiger partial charge is 0.251 e. The number of rotatable bonds is 4. The molecule has 0 aliphatic carbocycles. The van der Waals surface area contributed by atoms with Crippen LogP contribution in [0.4, 0.5) is 0 Å². The van der Waals surface area contributed by atoms with E-state index in [1.165, 1.54) is 5.56 Å². The van der Waals surface area contributed by atoms with Crippen LogP contribution in [0.3, 0.4) is 0 Å². The fourth-order valence-corrected chi connectivity index (χ4v) is 3.24. The van der Waals surface area contributed by atoms with Gasteiger partial charge in [0.2, 0.25) is 0 Å². The maximum atomic E-state index is 12.6. The Morgan fingerprint density at radius 3 is 2.78 bits per heavy atom. The van der Waals surface area contributed by atoms with Gasteiger partial charge in [-0.2, -0.15) is 0 Å². The Bertz CT molecular complexity index is 535. The molecule has 2 heterocycles. The molecular formula is C18H27N3O2. The third-order valence-electron chi connectivity index (χ3n) is 4.72. The fraction of sp³-hybridized carbons (Fsp3) is 0.611. The summed E-state index contributed by atoms with van der Waals surface area (Å²) in [6, 6.07) is 6.51. The molecule has 2 N–H and O–H groups in total. The molecular weight excluding hydrogens is 290 g/mol. The minimum atomic E-state index is 0.0524. The van der Waals surface area contributed by atoms with Crippen molar-refractivity contribution in [3.63, 3.8) is 0 Å². The summed E-state index contributed by atoms with van der Waals surface area (Å²) in [5.74, 6) is 0.0524. The molecule has 1 aromatic carbocycles. The van der Waals surface area contributed by atoms with Crippen molar-refractivity contribution in [1.82, 2.24) is 15.5 Å². The molecule has 0 atom stereocenters. The van der Waals surface area contributed by atoms with E-state index in [2.05, 4.69) is 33.7 Å². The van der Waals surface area contributed by atoms with Crippen molar-refractivity contribution in [3.8, 4) is 0 Å². The second kappa shape index (κ2) is 7.90. The van der Waals surface area contributed by atoms with E-state index in [9.17, 15) is 4.79 Å².